The molecule has 0 bridgehead atoms. The highest BCUT2D eigenvalue weighted by Crippen LogP contribution is 2.18. The van der Waals surface area contributed by atoms with Gasteiger partial charge in [-0.25, -0.2) is 8.42 Å². The van der Waals surface area contributed by atoms with Crippen LogP contribution in [0.3, 0.4) is 0 Å². The minimum atomic E-state index is -3.55. The maximum atomic E-state index is 12.2. The van der Waals surface area contributed by atoms with Crippen molar-refractivity contribution in [3.8, 4) is 0 Å². The predicted molar refractivity (Wildman–Crippen MR) is 76.3 cm³/mol. The van der Waals surface area contributed by atoms with Gasteiger partial charge in [0.1, 0.15) is 0 Å². The first kappa shape index (κ1) is 13.6. The number of rotatable bonds is 4. The second kappa shape index (κ2) is 5.42. The Kier molecular flexibility index (Phi) is 3.87. The molecule has 0 aromatic heterocycles. The zero-order valence-electron chi connectivity index (χ0n) is 10.6. The molecule has 0 aliphatic carbocycles. The molecule has 0 heterocycles. The topological polar surface area (TPSA) is 72.2 Å². The third-order valence-electron chi connectivity index (χ3n) is 2.87. The van der Waals surface area contributed by atoms with E-state index >= 15 is 0 Å². The summed E-state index contributed by atoms with van der Waals surface area (Å²) < 4.78 is 27.0. The van der Waals surface area contributed by atoms with E-state index in [1.165, 1.54) is 0 Å². The second-order valence-corrected chi connectivity index (χ2v) is 5.95. The highest BCUT2D eigenvalue weighted by atomic mass is 32.2. The molecule has 0 radical (unpaired) electrons. The van der Waals surface area contributed by atoms with E-state index in [9.17, 15) is 8.42 Å². The Labute approximate surface area is 113 Å². The number of sulfonamides is 1. The number of para-hydroxylation sites is 1. The molecule has 2 aromatic rings. The lowest BCUT2D eigenvalue weighted by Gasteiger charge is -2.10. The SMILES string of the molecule is Cc1cc(S(=O)(=O)Nc2ccccc2)ccc1CN. The van der Waals surface area contributed by atoms with Gasteiger partial charge in [0.25, 0.3) is 10.0 Å². The van der Waals surface area contributed by atoms with Crippen LogP contribution in [0, 0.1) is 6.92 Å². The summed E-state index contributed by atoms with van der Waals surface area (Å²) in [6, 6.07) is 13.7. The first-order chi connectivity index (χ1) is 9.03. The quantitative estimate of drug-likeness (QED) is 0.899. The molecular formula is C14H16N2O2S. The molecule has 100 valence electrons. The van der Waals surface area contributed by atoms with Crippen molar-refractivity contribution in [2.45, 2.75) is 18.4 Å². The van der Waals surface area contributed by atoms with Crippen LogP contribution in [0.4, 0.5) is 5.69 Å². The van der Waals surface area contributed by atoms with Crippen molar-refractivity contribution >= 4 is 15.7 Å². The third kappa shape index (κ3) is 3.13. The molecule has 0 saturated heterocycles. The monoisotopic (exact) mass is 276 g/mol. The van der Waals surface area contributed by atoms with Gasteiger partial charge in [-0.05, 0) is 42.3 Å². The maximum absolute atomic E-state index is 12.2. The Morgan fingerprint density at radius 3 is 2.37 bits per heavy atom. The van der Waals surface area contributed by atoms with Crippen LogP contribution >= 0.6 is 0 Å². The Morgan fingerprint density at radius 1 is 1.11 bits per heavy atom. The van der Waals surface area contributed by atoms with Gasteiger partial charge in [-0.15, -0.1) is 0 Å². The third-order valence-corrected chi connectivity index (χ3v) is 4.25. The van der Waals surface area contributed by atoms with Crippen molar-refractivity contribution in [1.82, 2.24) is 0 Å². The molecule has 2 aromatic carbocycles. The van der Waals surface area contributed by atoms with E-state index in [4.69, 9.17) is 5.73 Å². The number of nitrogens with one attached hydrogen (secondary N) is 1. The van der Waals surface area contributed by atoms with Crippen LogP contribution in [-0.2, 0) is 16.6 Å². The van der Waals surface area contributed by atoms with E-state index in [1.807, 2.05) is 13.0 Å². The van der Waals surface area contributed by atoms with Crippen molar-refractivity contribution in [1.29, 1.82) is 0 Å². The van der Waals surface area contributed by atoms with Crippen molar-refractivity contribution in [3.05, 3.63) is 59.7 Å². The lowest BCUT2D eigenvalue weighted by atomic mass is 10.1. The molecule has 0 spiro atoms. The van der Waals surface area contributed by atoms with E-state index in [0.717, 1.165) is 11.1 Å². The first-order valence-corrected chi connectivity index (χ1v) is 7.39. The summed E-state index contributed by atoms with van der Waals surface area (Å²) in [6.07, 6.45) is 0. The van der Waals surface area contributed by atoms with Gasteiger partial charge in [-0.2, -0.15) is 0 Å². The van der Waals surface area contributed by atoms with Crippen LogP contribution in [0.25, 0.3) is 0 Å². The normalized spacial score (nSPS) is 11.3. The molecule has 0 aliphatic heterocycles. The van der Waals surface area contributed by atoms with Crippen LogP contribution in [-0.4, -0.2) is 8.42 Å². The molecular weight excluding hydrogens is 260 g/mol. The lowest BCUT2D eigenvalue weighted by Crippen LogP contribution is -2.13. The molecule has 0 amide bonds. The fraction of sp³-hybridized carbons (Fsp3) is 0.143. The van der Waals surface area contributed by atoms with Gasteiger partial charge in [-0.1, -0.05) is 24.3 Å². The van der Waals surface area contributed by atoms with Gasteiger partial charge in [0, 0.05) is 12.2 Å². The van der Waals surface area contributed by atoms with Crippen LogP contribution in [0.2, 0.25) is 0 Å². The Balaban J connectivity index is 2.32. The van der Waals surface area contributed by atoms with Crippen LogP contribution in [0.5, 0.6) is 0 Å². The van der Waals surface area contributed by atoms with Crippen molar-refractivity contribution in [2.24, 2.45) is 5.73 Å². The number of anilines is 1. The standard InChI is InChI=1S/C14H16N2O2S/c1-11-9-14(8-7-12(11)10-15)19(17,18)16-13-5-3-2-4-6-13/h2-9,16H,10,15H2,1H3. The highest BCUT2D eigenvalue weighted by Gasteiger charge is 2.14. The number of hydrogen-bond acceptors (Lipinski definition) is 3. The summed E-state index contributed by atoms with van der Waals surface area (Å²) in [5.41, 5.74) is 7.93. The van der Waals surface area contributed by atoms with Gasteiger partial charge >= 0.3 is 0 Å². The lowest BCUT2D eigenvalue weighted by molar-refractivity contribution is 0.601. The van der Waals surface area contributed by atoms with Gasteiger partial charge in [0.15, 0.2) is 0 Å². The fourth-order valence-electron chi connectivity index (χ4n) is 1.78. The average Bonchev–Trinajstić information content (AvgIpc) is 2.39. The Bertz CT molecular complexity index is 667. The zero-order valence-corrected chi connectivity index (χ0v) is 11.4. The van der Waals surface area contributed by atoms with E-state index in [0.29, 0.717) is 12.2 Å². The van der Waals surface area contributed by atoms with Crippen molar-refractivity contribution in [2.75, 3.05) is 4.72 Å². The molecule has 0 fully saturated rings. The Morgan fingerprint density at radius 2 is 1.79 bits per heavy atom. The predicted octanol–water partition coefficient (Wildman–Crippen LogP) is 2.25. The van der Waals surface area contributed by atoms with E-state index in [2.05, 4.69) is 4.72 Å². The molecule has 19 heavy (non-hydrogen) atoms. The molecule has 0 saturated carbocycles. The molecule has 2 rings (SSSR count). The van der Waals surface area contributed by atoms with E-state index < -0.39 is 10.0 Å². The summed E-state index contributed by atoms with van der Waals surface area (Å²) in [5, 5.41) is 0. The van der Waals surface area contributed by atoms with Crippen LogP contribution in [0.15, 0.2) is 53.4 Å². The summed E-state index contributed by atoms with van der Waals surface area (Å²) >= 11 is 0. The number of nitrogens with two attached hydrogens (primary N) is 1. The minimum absolute atomic E-state index is 0.242. The zero-order chi connectivity index (χ0) is 13.9. The smallest absolute Gasteiger partial charge is 0.261 e. The largest absolute Gasteiger partial charge is 0.326 e. The summed E-state index contributed by atoms with van der Waals surface area (Å²) in [4.78, 5) is 0.242. The average molecular weight is 276 g/mol. The maximum Gasteiger partial charge on any atom is 0.261 e. The number of benzene rings is 2. The van der Waals surface area contributed by atoms with Gasteiger partial charge in [0.05, 0.1) is 4.90 Å². The summed E-state index contributed by atoms with van der Waals surface area (Å²) in [6.45, 7) is 2.25. The number of hydrogen-bond donors (Lipinski definition) is 2. The number of aryl methyl sites for hydroxylation is 1. The van der Waals surface area contributed by atoms with Crippen molar-refractivity contribution in [3.63, 3.8) is 0 Å². The second-order valence-electron chi connectivity index (χ2n) is 4.26. The highest BCUT2D eigenvalue weighted by molar-refractivity contribution is 7.92. The molecule has 0 unspecified atom stereocenters. The molecule has 0 aliphatic rings. The summed E-state index contributed by atoms with van der Waals surface area (Å²) in [5.74, 6) is 0. The first-order valence-electron chi connectivity index (χ1n) is 5.90. The van der Waals surface area contributed by atoms with Crippen molar-refractivity contribution < 1.29 is 8.42 Å². The van der Waals surface area contributed by atoms with Gasteiger partial charge in [0.2, 0.25) is 0 Å². The van der Waals surface area contributed by atoms with Gasteiger partial charge < -0.3 is 5.73 Å². The summed E-state index contributed by atoms with van der Waals surface area (Å²) in [7, 11) is -3.55. The minimum Gasteiger partial charge on any atom is -0.326 e. The molecule has 4 nitrogen and oxygen atoms in total. The van der Waals surface area contributed by atoms with Gasteiger partial charge in [-0.3, -0.25) is 4.72 Å². The molecule has 3 N–H and O–H groups in total. The van der Waals surface area contributed by atoms with E-state index in [-0.39, 0.29) is 4.90 Å². The molecule has 5 heteroatoms. The molecule has 0 atom stereocenters. The van der Waals surface area contributed by atoms with Crippen LogP contribution < -0.4 is 10.5 Å². The Hall–Kier alpha value is -1.85. The van der Waals surface area contributed by atoms with E-state index in [1.54, 1.807) is 42.5 Å². The van der Waals surface area contributed by atoms with Crippen LogP contribution in [0.1, 0.15) is 11.1 Å². The fourth-order valence-corrected chi connectivity index (χ4v) is 2.93.